The molecule has 0 bridgehead atoms. The van der Waals surface area contributed by atoms with Crippen molar-refractivity contribution in [3.63, 3.8) is 0 Å². The van der Waals surface area contributed by atoms with E-state index in [9.17, 15) is 4.79 Å². The molecular formula is C14H14ClN3O. The monoisotopic (exact) mass is 275 g/mol. The van der Waals surface area contributed by atoms with Crippen LogP contribution in [0.3, 0.4) is 0 Å². The molecule has 1 aromatic heterocycles. The third kappa shape index (κ3) is 1.88. The van der Waals surface area contributed by atoms with Crippen LogP contribution in [0.15, 0.2) is 36.8 Å². The predicted molar refractivity (Wildman–Crippen MR) is 75.8 cm³/mol. The van der Waals surface area contributed by atoms with Gasteiger partial charge in [0.15, 0.2) is 0 Å². The van der Waals surface area contributed by atoms with Gasteiger partial charge in [-0.1, -0.05) is 30.3 Å². The van der Waals surface area contributed by atoms with Crippen LogP contribution in [0.25, 0.3) is 10.9 Å². The first-order valence-corrected chi connectivity index (χ1v) is 6.43. The standard InChI is InChI=1S/C14H14ClN3O/c1-8-17-12(14(19)18(8)2)6-9-7-16-13-10(9)4-3-5-11(13)15/h3-5,7,12,16-17H,1,6H2,2H3/t12-/m0/s1. The molecule has 0 saturated carbocycles. The molecule has 2 heterocycles. The van der Waals surface area contributed by atoms with E-state index in [2.05, 4.69) is 16.9 Å². The van der Waals surface area contributed by atoms with Crippen molar-refractivity contribution in [3.8, 4) is 0 Å². The van der Waals surface area contributed by atoms with E-state index in [1.54, 1.807) is 11.9 Å². The molecule has 1 aromatic carbocycles. The summed E-state index contributed by atoms with van der Waals surface area (Å²) in [5.41, 5.74) is 1.99. The second kappa shape index (κ2) is 4.31. The molecule has 1 fully saturated rings. The topological polar surface area (TPSA) is 48.1 Å². The van der Waals surface area contributed by atoms with Gasteiger partial charge in [0.1, 0.15) is 11.9 Å². The first-order valence-electron chi connectivity index (χ1n) is 6.05. The van der Waals surface area contributed by atoms with Gasteiger partial charge in [-0.2, -0.15) is 0 Å². The third-order valence-electron chi connectivity index (χ3n) is 3.55. The molecule has 0 radical (unpaired) electrons. The van der Waals surface area contributed by atoms with Crippen molar-refractivity contribution in [1.29, 1.82) is 0 Å². The minimum absolute atomic E-state index is 0.0429. The summed E-state index contributed by atoms with van der Waals surface area (Å²) in [6, 6.07) is 5.51. The lowest BCUT2D eigenvalue weighted by molar-refractivity contribution is -0.127. The lowest BCUT2D eigenvalue weighted by Crippen LogP contribution is -2.30. The maximum atomic E-state index is 12.0. The molecule has 1 saturated heterocycles. The molecule has 5 heteroatoms. The molecule has 0 aliphatic carbocycles. The maximum absolute atomic E-state index is 12.0. The van der Waals surface area contributed by atoms with Gasteiger partial charge in [0.05, 0.1) is 10.5 Å². The Kier molecular flexibility index (Phi) is 2.75. The number of hydrogen-bond donors (Lipinski definition) is 2. The van der Waals surface area contributed by atoms with Crippen LogP contribution < -0.4 is 5.32 Å². The first kappa shape index (κ1) is 12.1. The van der Waals surface area contributed by atoms with Crippen molar-refractivity contribution in [2.75, 3.05) is 7.05 Å². The van der Waals surface area contributed by atoms with E-state index in [4.69, 9.17) is 11.6 Å². The number of carbonyl (C=O) groups is 1. The molecule has 98 valence electrons. The average molecular weight is 276 g/mol. The Labute approximate surface area is 116 Å². The van der Waals surface area contributed by atoms with Crippen molar-refractivity contribution in [2.45, 2.75) is 12.5 Å². The summed E-state index contributed by atoms with van der Waals surface area (Å²) in [5.74, 6) is 0.689. The van der Waals surface area contributed by atoms with Crippen molar-refractivity contribution in [1.82, 2.24) is 15.2 Å². The summed E-state index contributed by atoms with van der Waals surface area (Å²) in [4.78, 5) is 16.7. The number of nitrogens with one attached hydrogen (secondary N) is 2. The first-order chi connectivity index (χ1) is 9.08. The van der Waals surface area contributed by atoms with Crippen molar-refractivity contribution >= 4 is 28.4 Å². The fourth-order valence-corrected chi connectivity index (χ4v) is 2.66. The van der Waals surface area contributed by atoms with Crippen LogP contribution in [0.5, 0.6) is 0 Å². The highest BCUT2D eigenvalue weighted by atomic mass is 35.5. The Morgan fingerprint density at radius 1 is 1.47 bits per heavy atom. The molecule has 4 nitrogen and oxygen atoms in total. The molecule has 0 spiro atoms. The zero-order valence-electron chi connectivity index (χ0n) is 10.5. The number of hydrogen-bond acceptors (Lipinski definition) is 2. The van der Waals surface area contributed by atoms with E-state index in [0.717, 1.165) is 16.5 Å². The van der Waals surface area contributed by atoms with E-state index in [0.29, 0.717) is 17.3 Å². The lowest BCUT2D eigenvalue weighted by Gasteiger charge is -2.07. The maximum Gasteiger partial charge on any atom is 0.250 e. The molecule has 1 atom stereocenters. The highest BCUT2D eigenvalue weighted by Crippen LogP contribution is 2.26. The van der Waals surface area contributed by atoms with Crippen LogP contribution in [0.2, 0.25) is 5.02 Å². The fourth-order valence-electron chi connectivity index (χ4n) is 2.43. The molecule has 0 unspecified atom stereocenters. The number of carbonyl (C=O) groups excluding carboxylic acids is 1. The smallest absolute Gasteiger partial charge is 0.250 e. The van der Waals surface area contributed by atoms with E-state index in [1.807, 2.05) is 24.4 Å². The van der Waals surface area contributed by atoms with Crippen LogP contribution >= 0.6 is 11.6 Å². The van der Waals surface area contributed by atoms with Crippen LogP contribution in [0.4, 0.5) is 0 Å². The summed E-state index contributed by atoms with van der Waals surface area (Å²) >= 11 is 6.13. The number of H-pyrrole nitrogens is 1. The zero-order valence-corrected chi connectivity index (χ0v) is 11.3. The molecule has 1 amide bonds. The van der Waals surface area contributed by atoms with Crippen molar-refractivity contribution in [2.24, 2.45) is 0 Å². The number of rotatable bonds is 2. The van der Waals surface area contributed by atoms with Gasteiger partial charge in [-0.15, -0.1) is 0 Å². The number of fused-ring (bicyclic) bond motifs is 1. The quantitative estimate of drug-likeness (QED) is 0.883. The second-order valence-electron chi connectivity index (χ2n) is 4.72. The number of likely N-dealkylation sites (N-methyl/N-ethyl adjacent to an activating group) is 1. The predicted octanol–water partition coefficient (Wildman–Crippen LogP) is 2.27. The van der Waals surface area contributed by atoms with Crippen LogP contribution in [0, 0.1) is 0 Å². The fraction of sp³-hybridized carbons (Fsp3) is 0.214. The summed E-state index contributed by atoms with van der Waals surface area (Å²) in [6.45, 7) is 3.81. The summed E-state index contributed by atoms with van der Waals surface area (Å²) in [5, 5.41) is 4.85. The summed E-state index contributed by atoms with van der Waals surface area (Å²) < 4.78 is 0. The lowest BCUT2D eigenvalue weighted by atomic mass is 10.1. The largest absolute Gasteiger partial charge is 0.360 e. The highest BCUT2D eigenvalue weighted by Gasteiger charge is 2.31. The Balaban J connectivity index is 1.93. The summed E-state index contributed by atoms with van der Waals surface area (Å²) in [7, 11) is 1.73. The van der Waals surface area contributed by atoms with E-state index >= 15 is 0 Å². The van der Waals surface area contributed by atoms with Gasteiger partial charge in [0.25, 0.3) is 5.91 Å². The zero-order chi connectivity index (χ0) is 13.6. The molecule has 1 aliphatic rings. The molecule has 1 aliphatic heterocycles. The van der Waals surface area contributed by atoms with Crippen LogP contribution in [-0.2, 0) is 11.2 Å². The van der Waals surface area contributed by atoms with Gasteiger partial charge in [0, 0.05) is 25.1 Å². The minimum Gasteiger partial charge on any atom is -0.360 e. The van der Waals surface area contributed by atoms with E-state index in [1.165, 1.54) is 0 Å². The Hall–Kier alpha value is -1.94. The average Bonchev–Trinajstić information content (AvgIpc) is 2.90. The SMILES string of the molecule is C=C1N[C@@H](Cc2c[nH]c3c(Cl)cccc23)C(=O)N1C. The van der Waals surface area contributed by atoms with Gasteiger partial charge in [-0.25, -0.2) is 0 Å². The third-order valence-corrected chi connectivity index (χ3v) is 3.86. The van der Waals surface area contributed by atoms with Crippen LogP contribution in [-0.4, -0.2) is 28.9 Å². The minimum atomic E-state index is -0.254. The number of aromatic amines is 1. The van der Waals surface area contributed by atoms with Gasteiger partial charge >= 0.3 is 0 Å². The van der Waals surface area contributed by atoms with Crippen LogP contribution in [0.1, 0.15) is 5.56 Å². The highest BCUT2D eigenvalue weighted by molar-refractivity contribution is 6.35. The number of amides is 1. The number of halogens is 1. The van der Waals surface area contributed by atoms with Gasteiger partial charge in [-0.05, 0) is 11.6 Å². The Morgan fingerprint density at radius 3 is 2.95 bits per heavy atom. The van der Waals surface area contributed by atoms with Crippen molar-refractivity contribution in [3.05, 3.63) is 47.4 Å². The Morgan fingerprint density at radius 2 is 2.26 bits per heavy atom. The van der Waals surface area contributed by atoms with E-state index < -0.39 is 0 Å². The number of nitrogens with zero attached hydrogens (tertiary/aromatic N) is 1. The number of para-hydroxylation sites is 1. The molecule has 19 heavy (non-hydrogen) atoms. The molecule has 2 aromatic rings. The van der Waals surface area contributed by atoms with Crippen molar-refractivity contribution < 1.29 is 4.79 Å². The molecular weight excluding hydrogens is 262 g/mol. The normalized spacial score (nSPS) is 19.3. The number of aromatic nitrogens is 1. The molecule has 2 N–H and O–H groups in total. The second-order valence-corrected chi connectivity index (χ2v) is 5.13. The van der Waals surface area contributed by atoms with E-state index in [-0.39, 0.29) is 11.9 Å². The van der Waals surface area contributed by atoms with Gasteiger partial charge in [0.2, 0.25) is 0 Å². The number of benzene rings is 1. The van der Waals surface area contributed by atoms with Gasteiger partial charge < -0.3 is 15.2 Å². The van der Waals surface area contributed by atoms with Gasteiger partial charge in [-0.3, -0.25) is 4.79 Å². The Bertz CT molecular complexity index is 676. The molecule has 3 rings (SSSR count). The summed E-state index contributed by atoms with van der Waals surface area (Å²) in [6.07, 6.45) is 2.52.